The molecular formula is C9H4I2N2O. The lowest BCUT2D eigenvalue weighted by atomic mass is 10.2. The van der Waals surface area contributed by atoms with E-state index in [1.54, 1.807) is 12.1 Å². The summed E-state index contributed by atoms with van der Waals surface area (Å²) in [7, 11) is 0. The Kier molecular flexibility index (Phi) is 4.42. The number of benzene rings is 1. The highest BCUT2D eigenvalue weighted by Gasteiger charge is 2.08. The van der Waals surface area contributed by atoms with E-state index in [1.807, 2.05) is 6.07 Å². The molecule has 3 nitrogen and oxygen atoms in total. The van der Waals surface area contributed by atoms with Gasteiger partial charge >= 0.3 is 0 Å². The van der Waals surface area contributed by atoms with E-state index in [-0.39, 0.29) is 6.61 Å². The normalized spacial score (nSPS) is 8.86. The molecule has 0 radical (unpaired) electrons. The molecule has 0 aromatic heterocycles. The topological polar surface area (TPSA) is 56.8 Å². The molecule has 0 saturated carbocycles. The summed E-state index contributed by atoms with van der Waals surface area (Å²) >= 11 is 4.17. The van der Waals surface area contributed by atoms with Crippen molar-refractivity contribution in [1.82, 2.24) is 0 Å². The van der Waals surface area contributed by atoms with Crippen LogP contribution in [-0.2, 0) is 0 Å². The maximum Gasteiger partial charge on any atom is 0.174 e. The lowest BCUT2D eigenvalue weighted by Gasteiger charge is -2.07. The first kappa shape index (κ1) is 11.5. The van der Waals surface area contributed by atoms with Crippen LogP contribution in [0.15, 0.2) is 12.1 Å². The molecule has 0 saturated heterocycles. The van der Waals surface area contributed by atoms with Gasteiger partial charge in [0.05, 0.1) is 18.8 Å². The van der Waals surface area contributed by atoms with Crippen molar-refractivity contribution in [1.29, 1.82) is 10.5 Å². The van der Waals surface area contributed by atoms with Gasteiger partial charge in [0.1, 0.15) is 11.8 Å². The summed E-state index contributed by atoms with van der Waals surface area (Å²) in [5, 5.41) is 17.1. The molecular weight excluding hydrogens is 406 g/mol. The van der Waals surface area contributed by atoms with E-state index < -0.39 is 0 Å². The van der Waals surface area contributed by atoms with Gasteiger partial charge in [-0.1, -0.05) is 0 Å². The molecule has 0 unspecified atom stereocenters. The van der Waals surface area contributed by atoms with Crippen molar-refractivity contribution in [3.05, 3.63) is 24.8 Å². The molecule has 14 heavy (non-hydrogen) atoms. The third-order valence-corrected chi connectivity index (χ3v) is 3.01. The van der Waals surface area contributed by atoms with E-state index in [0.29, 0.717) is 11.3 Å². The molecule has 0 aliphatic carbocycles. The minimum absolute atomic E-state index is 0.0257. The maximum absolute atomic E-state index is 8.70. The number of ether oxygens (including phenoxy) is 1. The average molecular weight is 410 g/mol. The van der Waals surface area contributed by atoms with Crippen LogP contribution in [0.1, 0.15) is 5.56 Å². The van der Waals surface area contributed by atoms with Crippen LogP contribution in [0, 0.1) is 29.8 Å². The summed E-state index contributed by atoms with van der Waals surface area (Å²) in [4.78, 5) is 0. The second-order valence-corrected chi connectivity index (χ2v) is 4.65. The average Bonchev–Trinajstić information content (AvgIpc) is 2.16. The molecule has 5 heteroatoms. The van der Waals surface area contributed by atoms with Crippen LogP contribution < -0.4 is 4.74 Å². The zero-order valence-corrected chi connectivity index (χ0v) is 11.2. The van der Waals surface area contributed by atoms with E-state index in [1.165, 1.54) is 0 Å². The Labute approximate surface area is 109 Å². The van der Waals surface area contributed by atoms with Gasteiger partial charge in [-0.3, -0.25) is 0 Å². The van der Waals surface area contributed by atoms with E-state index in [2.05, 4.69) is 51.3 Å². The van der Waals surface area contributed by atoms with E-state index in [0.717, 1.165) is 7.14 Å². The Morgan fingerprint density at radius 2 is 1.79 bits per heavy atom. The van der Waals surface area contributed by atoms with Gasteiger partial charge in [0.25, 0.3) is 0 Å². The molecule has 0 N–H and O–H groups in total. The van der Waals surface area contributed by atoms with Crippen LogP contribution in [0.3, 0.4) is 0 Å². The summed E-state index contributed by atoms with van der Waals surface area (Å²) in [6.07, 6.45) is 0. The molecule has 0 heterocycles. The number of nitrogens with zero attached hydrogens (tertiary/aromatic N) is 2. The van der Waals surface area contributed by atoms with E-state index in [4.69, 9.17) is 15.3 Å². The molecule has 0 fully saturated rings. The van der Waals surface area contributed by atoms with Gasteiger partial charge in [-0.15, -0.1) is 0 Å². The van der Waals surface area contributed by atoms with Gasteiger partial charge in [-0.25, -0.2) is 0 Å². The van der Waals surface area contributed by atoms with Crippen molar-refractivity contribution in [2.24, 2.45) is 0 Å². The Hall–Kier alpha value is -0.540. The molecule has 0 bridgehead atoms. The maximum atomic E-state index is 8.70. The van der Waals surface area contributed by atoms with E-state index in [9.17, 15) is 0 Å². The highest BCUT2D eigenvalue weighted by molar-refractivity contribution is 14.1. The summed E-state index contributed by atoms with van der Waals surface area (Å²) < 4.78 is 6.93. The van der Waals surface area contributed by atoms with Crippen LogP contribution in [0.5, 0.6) is 5.75 Å². The molecule has 0 aliphatic heterocycles. The molecule has 0 amide bonds. The van der Waals surface area contributed by atoms with Crippen molar-refractivity contribution in [3.8, 4) is 17.9 Å². The van der Waals surface area contributed by atoms with Crippen LogP contribution in [0.4, 0.5) is 0 Å². The fourth-order valence-electron chi connectivity index (χ4n) is 0.867. The van der Waals surface area contributed by atoms with Crippen molar-refractivity contribution in [2.45, 2.75) is 0 Å². The predicted octanol–water partition coefficient (Wildman–Crippen LogP) is 2.67. The summed E-state index contributed by atoms with van der Waals surface area (Å²) in [6.45, 7) is 0.0257. The molecule has 70 valence electrons. The zero-order chi connectivity index (χ0) is 10.6. The quantitative estimate of drug-likeness (QED) is 0.705. The van der Waals surface area contributed by atoms with Crippen LogP contribution >= 0.6 is 45.2 Å². The van der Waals surface area contributed by atoms with Gasteiger partial charge < -0.3 is 4.74 Å². The molecule has 1 aromatic rings. The third kappa shape index (κ3) is 2.72. The van der Waals surface area contributed by atoms with Gasteiger partial charge in [0.15, 0.2) is 6.61 Å². The number of nitriles is 2. The first-order valence-corrected chi connectivity index (χ1v) is 5.73. The standard InChI is InChI=1S/C9H4I2N2O/c10-7-3-6(5-13)4-8(11)9(7)14-2-1-12/h3-4H,2H2. The first-order chi connectivity index (χ1) is 6.69. The van der Waals surface area contributed by atoms with Crippen molar-refractivity contribution >= 4 is 45.2 Å². The largest absolute Gasteiger partial charge is 0.477 e. The second-order valence-electron chi connectivity index (χ2n) is 2.33. The number of hydrogen-bond donors (Lipinski definition) is 0. The minimum Gasteiger partial charge on any atom is -0.477 e. The second kappa shape index (κ2) is 5.37. The highest BCUT2D eigenvalue weighted by Crippen LogP contribution is 2.28. The van der Waals surface area contributed by atoms with Crippen molar-refractivity contribution < 1.29 is 4.74 Å². The van der Waals surface area contributed by atoms with Gasteiger partial charge in [-0.05, 0) is 57.3 Å². The van der Waals surface area contributed by atoms with Crippen LogP contribution in [0.2, 0.25) is 0 Å². The Bertz CT molecular complexity index is 408. The van der Waals surface area contributed by atoms with Gasteiger partial charge in [-0.2, -0.15) is 10.5 Å². The van der Waals surface area contributed by atoms with Gasteiger partial charge in [0, 0.05) is 0 Å². The van der Waals surface area contributed by atoms with E-state index >= 15 is 0 Å². The van der Waals surface area contributed by atoms with Crippen LogP contribution in [0.25, 0.3) is 0 Å². The lowest BCUT2D eigenvalue weighted by Crippen LogP contribution is -1.98. The Balaban J connectivity index is 3.08. The van der Waals surface area contributed by atoms with Crippen molar-refractivity contribution in [2.75, 3.05) is 6.61 Å². The minimum atomic E-state index is 0.0257. The first-order valence-electron chi connectivity index (χ1n) is 3.58. The molecule has 0 atom stereocenters. The monoisotopic (exact) mass is 410 g/mol. The lowest BCUT2D eigenvalue weighted by molar-refractivity contribution is 0.363. The third-order valence-electron chi connectivity index (χ3n) is 1.41. The number of rotatable bonds is 2. The summed E-state index contributed by atoms with van der Waals surface area (Å²) in [6, 6.07) is 7.43. The Morgan fingerprint density at radius 1 is 1.21 bits per heavy atom. The van der Waals surface area contributed by atoms with Crippen molar-refractivity contribution in [3.63, 3.8) is 0 Å². The number of hydrogen-bond acceptors (Lipinski definition) is 3. The molecule has 1 rings (SSSR count). The fourth-order valence-corrected chi connectivity index (χ4v) is 2.95. The molecule has 0 spiro atoms. The van der Waals surface area contributed by atoms with Crippen LogP contribution in [-0.4, -0.2) is 6.61 Å². The fraction of sp³-hybridized carbons (Fsp3) is 0.111. The van der Waals surface area contributed by atoms with Gasteiger partial charge in [0.2, 0.25) is 0 Å². The number of halogens is 2. The SMILES string of the molecule is N#CCOc1c(I)cc(C#N)cc1I. The predicted molar refractivity (Wildman–Crippen MR) is 67.7 cm³/mol. The molecule has 1 aromatic carbocycles. The molecule has 0 aliphatic rings. The summed E-state index contributed by atoms with van der Waals surface area (Å²) in [5.41, 5.74) is 0.600. The zero-order valence-electron chi connectivity index (χ0n) is 6.92. The Morgan fingerprint density at radius 3 is 2.21 bits per heavy atom. The smallest absolute Gasteiger partial charge is 0.174 e. The summed E-state index contributed by atoms with van der Waals surface area (Å²) in [5.74, 6) is 0.673. The highest BCUT2D eigenvalue weighted by atomic mass is 127.